The quantitative estimate of drug-likeness (QED) is 0.891. The largest absolute Gasteiger partial charge is 0.388 e. The molecule has 106 valence electrons. The number of rotatable bonds is 5. The normalized spacial score (nSPS) is 12.2. The fourth-order valence-electron chi connectivity index (χ4n) is 1.68. The molecule has 2 rings (SSSR count). The fourth-order valence-corrected chi connectivity index (χ4v) is 2.43. The second kappa shape index (κ2) is 6.58. The Hall–Kier alpha value is -1.79. The number of aliphatic hydroxyl groups is 1. The summed E-state index contributed by atoms with van der Waals surface area (Å²) in [7, 11) is 0. The summed E-state index contributed by atoms with van der Waals surface area (Å²) in [6, 6.07) is 6.62. The first-order chi connectivity index (χ1) is 9.58. The van der Waals surface area contributed by atoms with Crippen LogP contribution in [0.1, 0.15) is 27.8 Å². The van der Waals surface area contributed by atoms with E-state index in [4.69, 9.17) is 0 Å². The van der Waals surface area contributed by atoms with Crippen LogP contribution in [-0.4, -0.2) is 17.6 Å². The second-order valence-electron chi connectivity index (χ2n) is 4.20. The smallest absolute Gasteiger partial charge is 0.251 e. The molecule has 6 heteroatoms. The van der Waals surface area contributed by atoms with Crippen LogP contribution in [0.4, 0.5) is 8.78 Å². The van der Waals surface area contributed by atoms with Crippen LogP contribution in [0.25, 0.3) is 0 Å². The van der Waals surface area contributed by atoms with E-state index in [-0.39, 0.29) is 12.1 Å². The third kappa shape index (κ3) is 3.61. The first-order valence-corrected chi connectivity index (χ1v) is 6.90. The van der Waals surface area contributed by atoms with E-state index in [0.29, 0.717) is 6.42 Å². The highest BCUT2D eigenvalue weighted by atomic mass is 32.1. The van der Waals surface area contributed by atoms with Crippen molar-refractivity contribution in [2.24, 2.45) is 0 Å². The lowest BCUT2D eigenvalue weighted by Crippen LogP contribution is -2.25. The maximum atomic E-state index is 13.0. The zero-order chi connectivity index (χ0) is 14.5. The monoisotopic (exact) mass is 297 g/mol. The minimum Gasteiger partial charge on any atom is -0.388 e. The Kier molecular flexibility index (Phi) is 4.81. The van der Waals surface area contributed by atoms with Gasteiger partial charge in [-0.25, -0.2) is 8.78 Å². The van der Waals surface area contributed by atoms with Crippen LogP contribution in [0.15, 0.2) is 35.7 Å². The van der Waals surface area contributed by atoms with E-state index in [1.54, 1.807) is 0 Å². The van der Waals surface area contributed by atoms with Gasteiger partial charge in [0.05, 0.1) is 6.10 Å². The topological polar surface area (TPSA) is 49.3 Å². The highest BCUT2D eigenvalue weighted by Crippen LogP contribution is 2.20. The molecule has 0 aliphatic rings. The number of benzene rings is 1. The van der Waals surface area contributed by atoms with Crippen molar-refractivity contribution in [3.05, 3.63) is 57.8 Å². The average Bonchev–Trinajstić information content (AvgIpc) is 2.95. The number of carbonyl (C=O) groups is 1. The maximum absolute atomic E-state index is 13.0. The number of aliphatic hydroxyl groups excluding tert-OH is 1. The first kappa shape index (κ1) is 14.6. The predicted octanol–water partition coefficient (Wildman–Crippen LogP) is 2.88. The molecule has 1 atom stereocenters. The number of carbonyl (C=O) groups excluding carboxylic acids is 1. The van der Waals surface area contributed by atoms with Gasteiger partial charge in [0.1, 0.15) is 0 Å². The molecule has 0 aliphatic heterocycles. The molecular weight excluding hydrogens is 284 g/mol. The Morgan fingerprint density at radius 3 is 2.75 bits per heavy atom. The summed E-state index contributed by atoms with van der Waals surface area (Å²) in [5.74, 6) is -2.55. The van der Waals surface area contributed by atoms with Crippen LogP contribution in [0.2, 0.25) is 0 Å². The van der Waals surface area contributed by atoms with Gasteiger partial charge in [-0.1, -0.05) is 6.07 Å². The summed E-state index contributed by atoms with van der Waals surface area (Å²) in [6.45, 7) is 0.247. The Bertz CT molecular complexity index is 587. The molecule has 0 aliphatic carbocycles. The van der Waals surface area contributed by atoms with E-state index in [0.717, 1.165) is 17.0 Å². The SMILES string of the molecule is O=C(NCC[C@H](O)c1cccs1)c1ccc(F)c(F)c1. The Morgan fingerprint density at radius 2 is 2.10 bits per heavy atom. The molecular formula is C14H13F2NO2S. The van der Waals surface area contributed by atoms with E-state index >= 15 is 0 Å². The Morgan fingerprint density at radius 1 is 1.30 bits per heavy atom. The van der Waals surface area contributed by atoms with Crippen LogP contribution in [0.3, 0.4) is 0 Å². The molecule has 2 aromatic rings. The molecule has 0 spiro atoms. The van der Waals surface area contributed by atoms with Crippen molar-refractivity contribution in [1.29, 1.82) is 0 Å². The van der Waals surface area contributed by atoms with Gasteiger partial charge in [-0.15, -0.1) is 11.3 Å². The van der Waals surface area contributed by atoms with E-state index in [1.807, 2.05) is 17.5 Å². The van der Waals surface area contributed by atoms with Gasteiger partial charge < -0.3 is 10.4 Å². The minimum atomic E-state index is -1.06. The lowest BCUT2D eigenvalue weighted by molar-refractivity contribution is 0.0942. The van der Waals surface area contributed by atoms with Gasteiger partial charge in [-0.3, -0.25) is 4.79 Å². The van der Waals surface area contributed by atoms with Crippen molar-refractivity contribution < 1.29 is 18.7 Å². The minimum absolute atomic E-state index is 0.0505. The molecule has 0 bridgehead atoms. The lowest BCUT2D eigenvalue weighted by Gasteiger charge is -2.09. The van der Waals surface area contributed by atoms with Gasteiger partial charge in [0.25, 0.3) is 5.91 Å². The van der Waals surface area contributed by atoms with Gasteiger partial charge >= 0.3 is 0 Å². The van der Waals surface area contributed by atoms with E-state index < -0.39 is 23.6 Å². The molecule has 1 heterocycles. The molecule has 3 nitrogen and oxygen atoms in total. The van der Waals surface area contributed by atoms with Crippen LogP contribution >= 0.6 is 11.3 Å². The molecule has 1 aromatic carbocycles. The fraction of sp³-hybridized carbons (Fsp3) is 0.214. The standard InChI is InChI=1S/C14H13F2NO2S/c15-10-4-3-9(8-11(10)16)14(19)17-6-5-12(18)13-2-1-7-20-13/h1-4,7-8,12,18H,5-6H2,(H,17,19)/t12-/m0/s1. The summed E-state index contributed by atoms with van der Waals surface area (Å²) in [6.07, 6.45) is -0.282. The molecule has 1 amide bonds. The molecule has 0 fully saturated rings. The van der Waals surface area contributed by atoms with Crippen molar-refractivity contribution in [3.63, 3.8) is 0 Å². The molecule has 0 saturated heterocycles. The second-order valence-corrected chi connectivity index (χ2v) is 5.18. The summed E-state index contributed by atoms with van der Waals surface area (Å²) in [5.41, 5.74) is 0.0505. The maximum Gasteiger partial charge on any atom is 0.251 e. The number of hydrogen-bond acceptors (Lipinski definition) is 3. The van der Waals surface area contributed by atoms with Gasteiger partial charge in [0.15, 0.2) is 11.6 Å². The molecule has 20 heavy (non-hydrogen) atoms. The number of thiophene rings is 1. The van der Waals surface area contributed by atoms with Crippen molar-refractivity contribution in [1.82, 2.24) is 5.32 Å². The first-order valence-electron chi connectivity index (χ1n) is 6.02. The van der Waals surface area contributed by atoms with Crippen molar-refractivity contribution in [3.8, 4) is 0 Å². The summed E-state index contributed by atoms with van der Waals surface area (Å²) in [4.78, 5) is 12.5. The zero-order valence-corrected chi connectivity index (χ0v) is 11.3. The van der Waals surface area contributed by atoms with Gasteiger partial charge in [0, 0.05) is 17.0 Å². The van der Waals surface area contributed by atoms with Crippen LogP contribution < -0.4 is 5.32 Å². The van der Waals surface area contributed by atoms with E-state index in [1.165, 1.54) is 17.4 Å². The van der Waals surface area contributed by atoms with E-state index in [2.05, 4.69) is 5.32 Å². The number of hydrogen-bond donors (Lipinski definition) is 2. The number of halogens is 2. The lowest BCUT2D eigenvalue weighted by atomic mass is 10.2. The molecule has 2 N–H and O–H groups in total. The van der Waals surface area contributed by atoms with Gasteiger partial charge in [0.2, 0.25) is 0 Å². The van der Waals surface area contributed by atoms with Crippen LogP contribution in [0, 0.1) is 11.6 Å². The third-order valence-electron chi connectivity index (χ3n) is 2.76. The van der Waals surface area contributed by atoms with Crippen LogP contribution in [-0.2, 0) is 0 Å². The Labute approximate surface area is 118 Å². The predicted molar refractivity (Wildman–Crippen MR) is 72.6 cm³/mol. The molecule has 0 unspecified atom stereocenters. The third-order valence-corrected chi connectivity index (χ3v) is 3.73. The van der Waals surface area contributed by atoms with Crippen molar-refractivity contribution in [2.75, 3.05) is 6.54 Å². The Balaban J connectivity index is 1.84. The summed E-state index contributed by atoms with van der Waals surface area (Å²) in [5, 5.41) is 14.2. The van der Waals surface area contributed by atoms with E-state index in [9.17, 15) is 18.7 Å². The molecule has 0 radical (unpaired) electrons. The zero-order valence-electron chi connectivity index (χ0n) is 10.5. The van der Waals surface area contributed by atoms with Gasteiger partial charge in [-0.2, -0.15) is 0 Å². The summed E-state index contributed by atoms with van der Waals surface area (Å²) >= 11 is 1.44. The van der Waals surface area contributed by atoms with Crippen molar-refractivity contribution in [2.45, 2.75) is 12.5 Å². The molecule has 1 aromatic heterocycles. The number of amides is 1. The van der Waals surface area contributed by atoms with Crippen LogP contribution in [0.5, 0.6) is 0 Å². The average molecular weight is 297 g/mol. The number of nitrogens with one attached hydrogen (secondary N) is 1. The summed E-state index contributed by atoms with van der Waals surface area (Å²) < 4.78 is 25.7. The van der Waals surface area contributed by atoms with Gasteiger partial charge in [-0.05, 0) is 36.1 Å². The highest BCUT2D eigenvalue weighted by molar-refractivity contribution is 7.10. The molecule has 0 saturated carbocycles. The van der Waals surface area contributed by atoms with Crippen molar-refractivity contribution >= 4 is 17.2 Å². The highest BCUT2D eigenvalue weighted by Gasteiger charge is 2.11.